The molecule has 6 aromatic rings. The molecule has 6 rings (SSSR count). The molecule has 186 valence electrons. The zero-order valence-corrected chi connectivity index (χ0v) is 21.8. The molecule has 0 saturated heterocycles. The van der Waals surface area contributed by atoms with Crippen molar-refractivity contribution < 1.29 is 15.3 Å². The Bertz CT molecular complexity index is 1680. The summed E-state index contributed by atoms with van der Waals surface area (Å²) >= 11 is 23.2. The first-order chi connectivity index (χ1) is 17.8. The van der Waals surface area contributed by atoms with Crippen LogP contribution in [0.5, 0.6) is 17.2 Å². The highest BCUT2D eigenvalue weighted by atomic mass is 35.5. The van der Waals surface area contributed by atoms with Gasteiger partial charge in [0.05, 0.1) is 20.1 Å². The lowest BCUT2D eigenvalue weighted by molar-refractivity contribution is 0.480. The number of phenols is 3. The second-order valence-corrected chi connectivity index (χ2v) is 9.15. The van der Waals surface area contributed by atoms with E-state index in [1.165, 1.54) is 12.1 Å². The average molecular weight is 573 g/mol. The van der Waals surface area contributed by atoms with Crippen molar-refractivity contribution in [2.24, 2.45) is 0 Å². The van der Waals surface area contributed by atoms with Gasteiger partial charge in [-0.05, 0) is 54.6 Å². The van der Waals surface area contributed by atoms with Crippen LogP contribution in [0.2, 0.25) is 20.1 Å². The molecule has 37 heavy (non-hydrogen) atoms. The maximum Gasteiger partial charge on any atom is 0.160 e. The van der Waals surface area contributed by atoms with Crippen LogP contribution in [-0.4, -0.2) is 30.3 Å². The predicted octanol–water partition coefficient (Wildman–Crippen LogP) is 8.43. The number of benzene rings is 3. The van der Waals surface area contributed by atoms with E-state index in [0.29, 0.717) is 37.0 Å². The summed E-state index contributed by atoms with van der Waals surface area (Å²) in [6, 6.07) is 19.0. The summed E-state index contributed by atoms with van der Waals surface area (Å²) in [5.74, 6) is 0.187. The van der Waals surface area contributed by atoms with Crippen molar-refractivity contribution in [3.8, 4) is 17.2 Å². The normalized spacial score (nSPS) is 10.5. The highest BCUT2D eigenvalue weighted by molar-refractivity contribution is 6.39. The minimum absolute atomic E-state index is 0.0262. The zero-order chi connectivity index (χ0) is 26.5. The third kappa shape index (κ3) is 5.89. The van der Waals surface area contributed by atoms with Gasteiger partial charge in [-0.25, -0.2) is 0 Å². The van der Waals surface area contributed by atoms with Crippen LogP contribution in [-0.2, 0) is 0 Å². The van der Waals surface area contributed by atoms with Crippen LogP contribution in [0.3, 0.4) is 0 Å². The van der Waals surface area contributed by atoms with E-state index in [2.05, 4.69) is 15.0 Å². The third-order valence-electron chi connectivity index (χ3n) is 5.16. The third-order valence-corrected chi connectivity index (χ3v) is 6.40. The number of aromatic hydroxyl groups is 3. The van der Waals surface area contributed by atoms with E-state index in [1.54, 1.807) is 48.9 Å². The monoisotopic (exact) mass is 571 g/mol. The van der Waals surface area contributed by atoms with E-state index in [0.717, 1.165) is 10.8 Å². The molecule has 3 aromatic carbocycles. The molecule has 3 heterocycles. The fourth-order valence-electron chi connectivity index (χ4n) is 3.39. The predicted molar refractivity (Wildman–Crippen MR) is 150 cm³/mol. The molecule has 0 aliphatic rings. The molecule has 0 unspecified atom stereocenters. The van der Waals surface area contributed by atoms with Gasteiger partial charge in [-0.1, -0.05) is 58.5 Å². The van der Waals surface area contributed by atoms with E-state index in [9.17, 15) is 15.3 Å². The Morgan fingerprint density at radius 3 is 1.70 bits per heavy atom. The number of phenolic OH excluding ortho intramolecular Hbond substituents is 3. The Hall–Kier alpha value is -3.55. The molecule has 3 aromatic heterocycles. The maximum absolute atomic E-state index is 9.53. The van der Waals surface area contributed by atoms with E-state index in [4.69, 9.17) is 46.4 Å². The first-order valence-corrected chi connectivity index (χ1v) is 12.1. The highest BCUT2D eigenvalue weighted by Crippen LogP contribution is 2.35. The van der Waals surface area contributed by atoms with Crippen LogP contribution in [0, 0.1) is 0 Å². The van der Waals surface area contributed by atoms with Gasteiger partial charge in [0.25, 0.3) is 0 Å². The summed E-state index contributed by atoms with van der Waals surface area (Å²) in [5, 5.41) is 32.4. The largest absolute Gasteiger partial charge is 0.506 e. The average Bonchev–Trinajstić information content (AvgIpc) is 2.93. The molecule has 0 saturated carbocycles. The van der Waals surface area contributed by atoms with Crippen LogP contribution in [0.1, 0.15) is 0 Å². The lowest BCUT2D eigenvalue weighted by Gasteiger charge is -2.03. The molecular weight excluding hydrogens is 556 g/mol. The van der Waals surface area contributed by atoms with Gasteiger partial charge < -0.3 is 15.3 Å². The molecule has 0 aliphatic carbocycles. The van der Waals surface area contributed by atoms with E-state index in [1.807, 2.05) is 24.3 Å². The van der Waals surface area contributed by atoms with Crippen LogP contribution in [0.15, 0.2) is 85.3 Å². The van der Waals surface area contributed by atoms with Crippen LogP contribution < -0.4 is 0 Å². The van der Waals surface area contributed by atoms with Crippen molar-refractivity contribution in [3.63, 3.8) is 0 Å². The van der Waals surface area contributed by atoms with E-state index in [-0.39, 0.29) is 22.3 Å². The number of fused-ring (bicyclic) bond motifs is 3. The highest BCUT2D eigenvalue weighted by Gasteiger charge is 2.09. The summed E-state index contributed by atoms with van der Waals surface area (Å²) in [6.45, 7) is 0. The van der Waals surface area contributed by atoms with Crippen molar-refractivity contribution in [1.29, 1.82) is 0 Å². The van der Waals surface area contributed by atoms with Gasteiger partial charge in [-0.2, -0.15) is 0 Å². The standard InChI is InChI=1S/C9H5Cl2NO.2C9H6ClNO/c10-6-4-7(11)9(13)8-5(6)2-1-3-12-8;10-7-3-4-8(12)9-6(7)2-1-5-11-9;10-7-4-3-6-2-1-5-11-8(6)9(7)12/h1-4,13H;2*1-5,12H. The minimum atomic E-state index is -0.0262. The van der Waals surface area contributed by atoms with Crippen LogP contribution in [0.4, 0.5) is 0 Å². The van der Waals surface area contributed by atoms with Gasteiger partial charge in [-0.15, -0.1) is 0 Å². The second kappa shape index (κ2) is 11.7. The van der Waals surface area contributed by atoms with Crippen LogP contribution >= 0.6 is 46.4 Å². The Kier molecular flexibility index (Phi) is 8.36. The number of aromatic nitrogens is 3. The molecule has 0 spiro atoms. The Labute approximate surface area is 231 Å². The Morgan fingerprint density at radius 2 is 1.03 bits per heavy atom. The lowest BCUT2D eigenvalue weighted by atomic mass is 10.2. The fraction of sp³-hybridized carbons (Fsp3) is 0. The SMILES string of the molecule is Oc1c(Cl)cc(Cl)c2cccnc12.Oc1c(Cl)ccc2cccnc12.Oc1ccc(Cl)c2cccnc12. The van der Waals surface area contributed by atoms with Gasteiger partial charge in [0, 0.05) is 34.7 Å². The maximum atomic E-state index is 9.53. The number of rotatable bonds is 0. The molecule has 0 atom stereocenters. The van der Waals surface area contributed by atoms with Gasteiger partial charge in [0.15, 0.2) is 11.5 Å². The van der Waals surface area contributed by atoms with Gasteiger partial charge in [0.1, 0.15) is 22.3 Å². The molecular formula is C27H17Cl4N3O3. The number of pyridine rings is 3. The molecule has 6 nitrogen and oxygen atoms in total. The van der Waals surface area contributed by atoms with Crippen molar-refractivity contribution in [2.75, 3.05) is 0 Å². The molecule has 0 bridgehead atoms. The summed E-state index contributed by atoms with van der Waals surface area (Å²) in [4.78, 5) is 12.0. The molecule has 0 fully saturated rings. The van der Waals surface area contributed by atoms with Crippen LogP contribution in [0.25, 0.3) is 32.7 Å². The Morgan fingerprint density at radius 1 is 0.486 bits per heavy atom. The van der Waals surface area contributed by atoms with E-state index < -0.39 is 0 Å². The number of halogens is 4. The first kappa shape index (κ1) is 26.5. The molecule has 0 radical (unpaired) electrons. The van der Waals surface area contributed by atoms with Gasteiger partial charge >= 0.3 is 0 Å². The topological polar surface area (TPSA) is 99.4 Å². The Balaban J connectivity index is 0.000000130. The molecule has 0 aliphatic heterocycles. The smallest absolute Gasteiger partial charge is 0.160 e. The fourth-order valence-corrected chi connectivity index (χ4v) is 4.27. The molecule has 3 N–H and O–H groups in total. The van der Waals surface area contributed by atoms with Gasteiger partial charge in [0.2, 0.25) is 0 Å². The first-order valence-electron chi connectivity index (χ1n) is 10.6. The van der Waals surface area contributed by atoms with E-state index >= 15 is 0 Å². The lowest BCUT2D eigenvalue weighted by Crippen LogP contribution is -1.80. The van der Waals surface area contributed by atoms with Crippen molar-refractivity contribution in [3.05, 3.63) is 105 Å². The quantitative estimate of drug-likeness (QED) is 0.169. The number of hydrogen-bond acceptors (Lipinski definition) is 6. The molecule has 0 amide bonds. The minimum Gasteiger partial charge on any atom is -0.506 e. The van der Waals surface area contributed by atoms with Crippen molar-refractivity contribution in [2.45, 2.75) is 0 Å². The summed E-state index contributed by atoms with van der Waals surface area (Å²) < 4.78 is 0. The summed E-state index contributed by atoms with van der Waals surface area (Å²) in [6.07, 6.45) is 4.82. The van der Waals surface area contributed by atoms with Gasteiger partial charge in [-0.3, -0.25) is 15.0 Å². The number of hydrogen-bond donors (Lipinski definition) is 3. The summed E-state index contributed by atoms with van der Waals surface area (Å²) in [5.41, 5.74) is 1.52. The number of nitrogens with zero attached hydrogens (tertiary/aromatic N) is 3. The van der Waals surface area contributed by atoms with Crippen molar-refractivity contribution >= 4 is 79.1 Å². The van der Waals surface area contributed by atoms with Crippen molar-refractivity contribution in [1.82, 2.24) is 15.0 Å². The second-order valence-electron chi connectivity index (χ2n) is 7.53. The summed E-state index contributed by atoms with van der Waals surface area (Å²) in [7, 11) is 0. The molecule has 10 heteroatoms. The zero-order valence-electron chi connectivity index (χ0n) is 18.8.